The van der Waals surface area contributed by atoms with Crippen LogP contribution in [0.4, 0.5) is 10.1 Å². The second kappa shape index (κ2) is 9.50. The van der Waals surface area contributed by atoms with Gasteiger partial charge in [0.2, 0.25) is 0 Å². The Kier molecular flexibility index (Phi) is 7.77. The lowest BCUT2D eigenvalue weighted by molar-refractivity contribution is 0.109. The van der Waals surface area contributed by atoms with E-state index in [0.29, 0.717) is 6.54 Å². The molecule has 0 heterocycles. The summed E-state index contributed by atoms with van der Waals surface area (Å²) in [5.74, 6) is 0. The standard InChI is InChI=1S/C24H37FN2OS/c1-19-20(11-10-14-22(19)26)15-16-27-17-24(5,25)18-28-29(6,23(2,3)4)21-12-8-7-9-13-21/h7-14,27H,15-18,26H2,1-6H3. The number of anilines is 1. The van der Waals surface area contributed by atoms with Gasteiger partial charge in [0, 0.05) is 21.9 Å². The molecule has 2 aromatic carbocycles. The molecule has 3 N–H and O–H groups in total. The molecule has 0 aliphatic rings. The van der Waals surface area contributed by atoms with Crippen molar-refractivity contribution in [3.63, 3.8) is 0 Å². The van der Waals surface area contributed by atoms with Crippen LogP contribution in [0, 0.1) is 6.92 Å². The average Bonchev–Trinajstić information content (AvgIpc) is 2.66. The van der Waals surface area contributed by atoms with Crippen molar-refractivity contribution in [2.75, 3.05) is 31.7 Å². The number of alkyl halides is 1. The molecule has 2 unspecified atom stereocenters. The number of nitrogens with one attached hydrogen (secondary N) is 1. The zero-order chi connectivity index (χ0) is 21.7. The lowest BCUT2D eigenvalue weighted by Gasteiger charge is -2.48. The van der Waals surface area contributed by atoms with Gasteiger partial charge in [0.1, 0.15) is 5.67 Å². The predicted octanol–water partition coefficient (Wildman–Crippen LogP) is 5.66. The number of hydrogen-bond donors (Lipinski definition) is 2. The van der Waals surface area contributed by atoms with Crippen molar-refractivity contribution in [1.29, 1.82) is 0 Å². The minimum absolute atomic E-state index is 0.0648. The smallest absolute Gasteiger partial charge is 0.144 e. The van der Waals surface area contributed by atoms with Crippen LogP contribution in [0.15, 0.2) is 53.4 Å². The zero-order valence-corrected chi connectivity index (χ0v) is 19.5. The third-order valence-corrected chi connectivity index (χ3v) is 9.61. The zero-order valence-electron chi connectivity index (χ0n) is 18.7. The van der Waals surface area contributed by atoms with Crippen molar-refractivity contribution in [1.82, 2.24) is 5.32 Å². The predicted molar refractivity (Wildman–Crippen MR) is 126 cm³/mol. The van der Waals surface area contributed by atoms with Gasteiger partial charge in [-0.05, 0) is 62.4 Å². The fraction of sp³-hybridized carbons (Fsp3) is 0.500. The van der Waals surface area contributed by atoms with Gasteiger partial charge >= 0.3 is 0 Å². The quantitative estimate of drug-likeness (QED) is 0.406. The maximum Gasteiger partial charge on any atom is 0.144 e. The van der Waals surface area contributed by atoms with E-state index in [0.717, 1.165) is 22.6 Å². The lowest BCUT2D eigenvalue weighted by atomic mass is 10.0. The van der Waals surface area contributed by atoms with Crippen molar-refractivity contribution in [3.8, 4) is 0 Å². The highest BCUT2D eigenvalue weighted by molar-refractivity contribution is 8.30. The number of rotatable bonds is 9. The molecule has 2 atom stereocenters. The molecule has 0 aliphatic carbocycles. The summed E-state index contributed by atoms with van der Waals surface area (Å²) in [6.45, 7) is 11.1. The van der Waals surface area contributed by atoms with E-state index in [4.69, 9.17) is 9.92 Å². The van der Waals surface area contributed by atoms with E-state index in [-0.39, 0.29) is 17.9 Å². The van der Waals surface area contributed by atoms with Crippen LogP contribution < -0.4 is 11.1 Å². The molecule has 0 radical (unpaired) electrons. The van der Waals surface area contributed by atoms with Gasteiger partial charge in [-0.25, -0.2) is 4.39 Å². The second-order valence-corrected chi connectivity index (χ2v) is 12.6. The van der Waals surface area contributed by atoms with E-state index in [2.05, 4.69) is 50.5 Å². The van der Waals surface area contributed by atoms with Crippen molar-refractivity contribution in [2.24, 2.45) is 0 Å². The molecule has 0 saturated heterocycles. The molecule has 2 rings (SSSR count). The molecule has 5 heteroatoms. The largest absolute Gasteiger partial charge is 0.399 e. The van der Waals surface area contributed by atoms with Gasteiger partial charge in [0.05, 0.1) is 6.61 Å². The topological polar surface area (TPSA) is 47.3 Å². The number of hydrogen-bond acceptors (Lipinski definition) is 3. The SMILES string of the molecule is Cc1c(N)cccc1CCNCC(C)(F)COS(C)(c1ccccc1)C(C)(C)C. The molecule has 3 nitrogen and oxygen atoms in total. The van der Waals surface area contributed by atoms with Crippen LogP contribution in [-0.2, 0) is 10.6 Å². The molecular weight excluding hydrogens is 383 g/mol. The molecule has 0 saturated carbocycles. The molecule has 0 spiro atoms. The summed E-state index contributed by atoms with van der Waals surface area (Å²) >= 11 is 0. The molecule has 0 bridgehead atoms. The molecule has 0 aliphatic heterocycles. The van der Waals surface area contributed by atoms with E-state index in [1.807, 2.05) is 37.3 Å². The fourth-order valence-electron chi connectivity index (χ4n) is 3.12. The number of halogens is 1. The Hall–Kier alpha value is -1.56. The van der Waals surface area contributed by atoms with Gasteiger partial charge in [-0.3, -0.25) is 0 Å². The van der Waals surface area contributed by atoms with E-state index in [1.54, 1.807) is 6.92 Å². The summed E-state index contributed by atoms with van der Waals surface area (Å²) in [5.41, 5.74) is 7.62. The van der Waals surface area contributed by atoms with Gasteiger partial charge in [0.25, 0.3) is 0 Å². The van der Waals surface area contributed by atoms with Crippen molar-refractivity contribution in [3.05, 3.63) is 59.7 Å². The Balaban J connectivity index is 1.93. The first kappa shape index (κ1) is 23.7. The van der Waals surface area contributed by atoms with E-state index >= 15 is 4.39 Å². The summed E-state index contributed by atoms with van der Waals surface area (Å²) in [6.07, 6.45) is 2.96. The fourth-order valence-corrected chi connectivity index (χ4v) is 5.47. The summed E-state index contributed by atoms with van der Waals surface area (Å²) in [7, 11) is -1.63. The number of benzene rings is 2. The first-order valence-corrected chi connectivity index (χ1v) is 12.1. The van der Waals surface area contributed by atoms with Crippen LogP contribution in [-0.4, -0.2) is 36.4 Å². The van der Waals surface area contributed by atoms with Gasteiger partial charge in [-0.1, -0.05) is 51.1 Å². The Morgan fingerprint density at radius 2 is 1.69 bits per heavy atom. The second-order valence-electron chi connectivity index (χ2n) is 9.00. The third-order valence-electron chi connectivity index (χ3n) is 5.51. The molecular formula is C24H37FN2OS. The molecule has 0 amide bonds. The highest BCUT2D eigenvalue weighted by atomic mass is 32.3. The molecule has 0 fully saturated rings. The van der Waals surface area contributed by atoms with E-state index in [1.165, 1.54) is 5.56 Å². The van der Waals surface area contributed by atoms with E-state index < -0.39 is 16.0 Å². The van der Waals surface area contributed by atoms with Gasteiger partial charge in [-0.15, -0.1) is 10.3 Å². The molecule has 2 aromatic rings. The van der Waals surface area contributed by atoms with Gasteiger partial charge in [0.15, 0.2) is 0 Å². The first-order valence-electron chi connectivity index (χ1n) is 10.2. The van der Waals surface area contributed by atoms with E-state index in [9.17, 15) is 0 Å². The van der Waals surface area contributed by atoms with Crippen molar-refractivity contribution < 1.29 is 8.57 Å². The first-order chi connectivity index (χ1) is 13.5. The average molecular weight is 421 g/mol. The van der Waals surface area contributed by atoms with Crippen molar-refractivity contribution >= 4 is 16.0 Å². The lowest BCUT2D eigenvalue weighted by Crippen LogP contribution is -2.40. The highest BCUT2D eigenvalue weighted by Gasteiger charge is 2.37. The minimum Gasteiger partial charge on any atom is -0.399 e. The highest BCUT2D eigenvalue weighted by Crippen LogP contribution is 2.63. The number of nitrogens with two attached hydrogens (primary N) is 1. The normalized spacial score (nSPS) is 17.3. The Morgan fingerprint density at radius 3 is 2.31 bits per heavy atom. The molecule has 162 valence electrons. The molecule has 0 aromatic heterocycles. The van der Waals surface area contributed by atoms with Crippen LogP contribution >= 0.6 is 10.3 Å². The number of nitrogen functional groups attached to an aromatic ring is 1. The minimum atomic E-state index is -1.63. The van der Waals surface area contributed by atoms with Crippen LogP contribution in [0.1, 0.15) is 38.8 Å². The molecule has 29 heavy (non-hydrogen) atoms. The maximum absolute atomic E-state index is 15.2. The third kappa shape index (κ3) is 6.21. The summed E-state index contributed by atoms with van der Waals surface area (Å²) < 4.78 is 21.5. The maximum atomic E-state index is 15.2. The Morgan fingerprint density at radius 1 is 1.03 bits per heavy atom. The van der Waals surface area contributed by atoms with Crippen molar-refractivity contribution in [2.45, 2.75) is 56.4 Å². The van der Waals surface area contributed by atoms with Crippen LogP contribution in [0.2, 0.25) is 0 Å². The van der Waals surface area contributed by atoms with Gasteiger partial charge in [-0.2, -0.15) is 0 Å². The summed E-state index contributed by atoms with van der Waals surface area (Å²) in [4.78, 5) is 1.15. The van der Waals surface area contributed by atoms with Crippen LogP contribution in [0.25, 0.3) is 0 Å². The Bertz CT molecular complexity index is 789. The van der Waals surface area contributed by atoms with Crippen LogP contribution in [0.3, 0.4) is 0 Å². The monoisotopic (exact) mass is 420 g/mol. The summed E-state index contributed by atoms with van der Waals surface area (Å²) in [5, 5.41) is 3.25. The summed E-state index contributed by atoms with van der Waals surface area (Å²) in [6, 6.07) is 16.1. The van der Waals surface area contributed by atoms with Gasteiger partial charge < -0.3 is 15.2 Å². The van der Waals surface area contributed by atoms with Crippen LogP contribution in [0.5, 0.6) is 0 Å². The Labute approximate surface area is 177 Å².